The number of nitrogens with zero attached hydrogens (tertiary/aromatic N) is 2. The maximum Gasteiger partial charge on any atom is 0.354 e. The van der Waals surface area contributed by atoms with Crippen molar-refractivity contribution in [3.8, 4) is 22.7 Å². The van der Waals surface area contributed by atoms with E-state index in [1.165, 1.54) is 4.68 Å². The standard InChI is InChI=1S/C18H16N2O3/c1-12-8-9-17(23-2)14(10-12)15-11-16(18(21)22)20(19-15)13-6-4-3-5-7-13/h3-11H,1-2H3,(H,21,22). The van der Waals surface area contributed by atoms with E-state index in [1.54, 1.807) is 13.2 Å². The van der Waals surface area contributed by atoms with Crippen LogP contribution in [0.25, 0.3) is 16.9 Å². The van der Waals surface area contributed by atoms with Crippen molar-refractivity contribution in [1.29, 1.82) is 0 Å². The Kier molecular flexibility index (Phi) is 3.85. The molecule has 1 heterocycles. The molecular formula is C18H16N2O3. The van der Waals surface area contributed by atoms with Crippen LogP contribution >= 0.6 is 0 Å². The summed E-state index contributed by atoms with van der Waals surface area (Å²) in [7, 11) is 1.58. The van der Waals surface area contributed by atoms with Gasteiger partial charge in [0.1, 0.15) is 5.75 Å². The molecule has 0 radical (unpaired) electrons. The van der Waals surface area contributed by atoms with Crippen LogP contribution in [0, 0.1) is 6.92 Å². The van der Waals surface area contributed by atoms with E-state index >= 15 is 0 Å². The second-order valence-electron chi connectivity index (χ2n) is 5.17. The predicted molar refractivity (Wildman–Crippen MR) is 87.2 cm³/mol. The highest BCUT2D eigenvalue weighted by Crippen LogP contribution is 2.31. The van der Waals surface area contributed by atoms with E-state index in [9.17, 15) is 9.90 Å². The van der Waals surface area contributed by atoms with Crippen LogP contribution in [0.15, 0.2) is 54.6 Å². The minimum atomic E-state index is -1.03. The van der Waals surface area contributed by atoms with Crippen LogP contribution < -0.4 is 4.74 Å². The van der Waals surface area contributed by atoms with E-state index in [2.05, 4.69) is 5.10 Å². The Morgan fingerprint density at radius 3 is 2.52 bits per heavy atom. The molecule has 1 aromatic heterocycles. The summed E-state index contributed by atoms with van der Waals surface area (Å²) >= 11 is 0. The van der Waals surface area contributed by atoms with Gasteiger partial charge in [0, 0.05) is 5.56 Å². The molecule has 0 aliphatic carbocycles. The van der Waals surface area contributed by atoms with Crippen molar-refractivity contribution in [3.05, 3.63) is 65.9 Å². The van der Waals surface area contributed by atoms with Gasteiger partial charge in [0.05, 0.1) is 18.5 Å². The molecule has 116 valence electrons. The van der Waals surface area contributed by atoms with Gasteiger partial charge < -0.3 is 9.84 Å². The minimum absolute atomic E-state index is 0.106. The van der Waals surface area contributed by atoms with Crippen molar-refractivity contribution in [1.82, 2.24) is 9.78 Å². The van der Waals surface area contributed by atoms with E-state index in [4.69, 9.17) is 4.74 Å². The first-order valence-corrected chi connectivity index (χ1v) is 7.14. The van der Waals surface area contributed by atoms with Crippen LogP contribution in [-0.2, 0) is 0 Å². The minimum Gasteiger partial charge on any atom is -0.496 e. The zero-order chi connectivity index (χ0) is 16.4. The van der Waals surface area contributed by atoms with Gasteiger partial charge in [-0.05, 0) is 37.3 Å². The third kappa shape index (κ3) is 2.81. The second kappa shape index (κ2) is 5.96. The van der Waals surface area contributed by atoms with Gasteiger partial charge in [0.25, 0.3) is 0 Å². The Labute approximate surface area is 133 Å². The topological polar surface area (TPSA) is 64.3 Å². The molecule has 3 aromatic rings. The molecule has 0 unspecified atom stereocenters. The number of aromatic nitrogens is 2. The molecule has 0 aliphatic heterocycles. The summed E-state index contributed by atoms with van der Waals surface area (Å²) in [5.41, 5.74) is 3.18. The lowest BCUT2D eigenvalue weighted by Gasteiger charge is -2.07. The van der Waals surface area contributed by atoms with Crippen molar-refractivity contribution in [2.45, 2.75) is 6.92 Å². The molecule has 0 saturated heterocycles. The van der Waals surface area contributed by atoms with Crippen molar-refractivity contribution in [2.75, 3.05) is 7.11 Å². The molecule has 23 heavy (non-hydrogen) atoms. The summed E-state index contributed by atoms with van der Waals surface area (Å²) in [5.74, 6) is -0.371. The Morgan fingerprint density at radius 2 is 1.87 bits per heavy atom. The number of ether oxygens (including phenoxy) is 1. The van der Waals surface area contributed by atoms with Crippen LogP contribution in [0.1, 0.15) is 16.1 Å². The fourth-order valence-electron chi connectivity index (χ4n) is 2.45. The molecular weight excluding hydrogens is 292 g/mol. The lowest BCUT2D eigenvalue weighted by Crippen LogP contribution is -2.07. The highest BCUT2D eigenvalue weighted by molar-refractivity contribution is 5.88. The number of methoxy groups -OCH3 is 1. The van der Waals surface area contributed by atoms with Gasteiger partial charge in [-0.25, -0.2) is 9.48 Å². The van der Waals surface area contributed by atoms with E-state index in [0.717, 1.165) is 11.1 Å². The van der Waals surface area contributed by atoms with Crippen molar-refractivity contribution in [3.63, 3.8) is 0 Å². The Hall–Kier alpha value is -3.08. The molecule has 2 aromatic carbocycles. The fourth-order valence-corrected chi connectivity index (χ4v) is 2.45. The Bertz CT molecular complexity index is 854. The highest BCUT2D eigenvalue weighted by Gasteiger charge is 2.18. The summed E-state index contributed by atoms with van der Waals surface area (Å²) in [6, 6.07) is 16.5. The Balaban J connectivity index is 2.20. The van der Waals surface area contributed by atoms with Crippen LogP contribution in [0.2, 0.25) is 0 Å². The highest BCUT2D eigenvalue weighted by atomic mass is 16.5. The van der Waals surface area contributed by atoms with Crippen molar-refractivity contribution >= 4 is 5.97 Å². The summed E-state index contributed by atoms with van der Waals surface area (Å²) in [4.78, 5) is 11.6. The van der Waals surface area contributed by atoms with E-state index in [-0.39, 0.29) is 5.69 Å². The molecule has 5 heteroatoms. The number of aromatic carboxylic acids is 1. The number of carboxylic acids is 1. The molecule has 0 bridgehead atoms. The zero-order valence-corrected chi connectivity index (χ0v) is 12.9. The van der Waals surface area contributed by atoms with Crippen molar-refractivity contribution in [2.24, 2.45) is 0 Å². The van der Waals surface area contributed by atoms with Gasteiger partial charge in [-0.3, -0.25) is 0 Å². The maximum absolute atomic E-state index is 11.6. The van der Waals surface area contributed by atoms with Crippen molar-refractivity contribution < 1.29 is 14.6 Å². The number of hydrogen-bond donors (Lipinski definition) is 1. The van der Waals surface area contributed by atoms with Gasteiger partial charge in [0.2, 0.25) is 0 Å². The zero-order valence-electron chi connectivity index (χ0n) is 12.9. The number of para-hydroxylation sites is 1. The van der Waals surface area contributed by atoms with E-state index < -0.39 is 5.97 Å². The monoisotopic (exact) mass is 308 g/mol. The number of benzene rings is 2. The molecule has 0 spiro atoms. The molecule has 0 amide bonds. The van der Waals surface area contributed by atoms with Crippen LogP contribution in [0.4, 0.5) is 0 Å². The molecule has 0 aliphatic rings. The van der Waals surface area contributed by atoms with Gasteiger partial charge >= 0.3 is 5.97 Å². The third-order valence-electron chi connectivity index (χ3n) is 3.56. The number of hydrogen-bond acceptors (Lipinski definition) is 3. The summed E-state index contributed by atoms with van der Waals surface area (Å²) in [5, 5.41) is 14.0. The first-order valence-electron chi connectivity index (χ1n) is 7.14. The average Bonchev–Trinajstić information content (AvgIpc) is 3.01. The molecule has 0 fully saturated rings. The molecule has 0 atom stereocenters. The number of carbonyl (C=O) groups is 1. The average molecular weight is 308 g/mol. The number of rotatable bonds is 4. The molecule has 1 N–H and O–H groups in total. The summed E-state index contributed by atoms with van der Waals surface area (Å²) in [6.45, 7) is 1.97. The van der Waals surface area contributed by atoms with E-state index in [0.29, 0.717) is 17.1 Å². The smallest absolute Gasteiger partial charge is 0.354 e. The van der Waals surface area contributed by atoms with Gasteiger partial charge in [-0.15, -0.1) is 0 Å². The lowest BCUT2D eigenvalue weighted by molar-refractivity contribution is 0.0687. The van der Waals surface area contributed by atoms with Gasteiger partial charge in [0.15, 0.2) is 5.69 Å². The number of carboxylic acid groups (broad SMARTS) is 1. The lowest BCUT2D eigenvalue weighted by atomic mass is 10.1. The molecule has 0 saturated carbocycles. The van der Waals surface area contributed by atoms with Crippen LogP contribution in [0.3, 0.4) is 0 Å². The normalized spacial score (nSPS) is 10.5. The van der Waals surface area contributed by atoms with Gasteiger partial charge in [-0.1, -0.05) is 29.8 Å². The predicted octanol–water partition coefficient (Wildman–Crippen LogP) is 3.55. The molecule has 3 rings (SSSR count). The summed E-state index contributed by atoms with van der Waals surface area (Å²) < 4.78 is 6.80. The quantitative estimate of drug-likeness (QED) is 0.800. The van der Waals surface area contributed by atoms with Gasteiger partial charge in [-0.2, -0.15) is 5.10 Å². The van der Waals surface area contributed by atoms with E-state index in [1.807, 2.05) is 55.5 Å². The SMILES string of the molecule is COc1ccc(C)cc1-c1cc(C(=O)O)n(-c2ccccc2)n1. The fraction of sp³-hybridized carbons (Fsp3) is 0.111. The third-order valence-corrected chi connectivity index (χ3v) is 3.56. The molecule has 5 nitrogen and oxygen atoms in total. The second-order valence-corrected chi connectivity index (χ2v) is 5.17. The first kappa shape index (κ1) is 14.8. The maximum atomic E-state index is 11.6. The number of aryl methyl sites for hydroxylation is 1. The summed E-state index contributed by atoms with van der Waals surface area (Å²) in [6.07, 6.45) is 0. The van der Waals surface area contributed by atoms with Crippen LogP contribution in [0.5, 0.6) is 5.75 Å². The largest absolute Gasteiger partial charge is 0.496 e. The first-order chi connectivity index (χ1) is 11.1. The van der Waals surface area contributed by atoms with Crippen LogP contribution in [-0.4, -0.2) is 28.0 Å². The Morgan fingerprint density at radius 1 is 1.13 bits per heavy atom.